The number of halogens is 1. The average Bonchev–Trinajstić information content (AvgIpc) is 2.05. The van der Waals surface area contributed by atoms with E-state index in [-0.39, 0.29) is 24.4 Å². The summed E-state index contributed by atoms with van der Waals surface area (Å²) in [6.45, 7) is 4.42. The van der Waals surface area contributed by atoms with Crippen molar-refractivity contribution in [1.82, 2.24) is 5.32 Å². The van der Waals surface area contributed by atoms with Crippen LogP contribution in [0, 0.1) is 0 Å². The third-order valence-electron chi connectivity index (χ3n) is 2.19. The molecule has 0 aromatic carbocycles. The molecule has 0 spiro atoms. The largest absolute Gasteiger partial charge is 0.465 e. The summed E-state index contributed by atoms with van der Waals surface area (Å²) < 4.78 is 4.93. The van der Waals surface area contributed by atoms with E-state index in [0.29, 0.717) is 12.6 Å². The number of nitrogens with one attached hydrogen (secondary N) is 1. The molecule has 0 amide bonds. The molecule has 13 heavy (non-hydrogen) atoms. The van der Waals surface area contributed by atoms with E-state index in [1.807, 2.05) is 6.92 Å². The first-order valence-electron chi connectivity index (χ1n) is 4.66. The molecule has 0 aliphatic carbocycles. The van der Waals surface area contributed by atoms with Crippen molar-refractivity contribution in [2.75, 3.05) is 6.61 Å². The highest BCUT2D eigenvalue weighted by Gasteiger charge is 2.24. The van der Waals surface area contributed by atoms with E-state index in [1.165, 1.54) is 0 Å². The first-order valence-corrected chi connectivity index (χ1v) is 4.66. The van der Waals surface area contributed by atoms with Crippen LogP contribution >= 0.6 is 12.4 Å². The molecule has 2 unspecified atom stereocenters. The summed E-state index contributed by atoms with van der Waals surface area (Å²) in [6, 6.07) is 0.391. The maximum atomic E-state index is 11.3. The molecular weight excluding hydrogens is 190 g/mol. The number of hydrogen-bond donors (Lipinski definition) is 1. The molecule has 78 valence electrons. The minimum Gasteiger partial charge on any atom is -0.465 e. The van der Waals surface area contributed by atoms with Gasteiger partial charge < -0.3 is 10.1 Å². The van der Waals surface area contributed by atoms with E-state index in [0.717, 1.165) is 19.3 Å². The smallest absolute Gasteiger partial charge is 0.323 e. The summed E-state index contributed by atoms with van der Waals surface area (Å²) in [5, 5.41) is 3.23. The minimum atomic E-state index is -0.0935. The second kappa shape index (κ2) is 6.22. The monoisotopic (exact) mass is 207 g/mol. The fourth-order valence-corrected chi connectivity index (χ4v) is 1.57. The van der Waals surface area contributed by atoms with E-state index in [2.05, 4.69) is 12.2 Å². The van der Waals surface area contributed by atoms with Crippen LogP contribution in [0.1, 0.15) is 33.1 Å². The van der Waals surface area contributed by atoms with Gasteiger partial charge in [-0.05, 0) is 33.1 Å². The molecule has 2 atom stereocenters. The summed E-state index contributed by atoms with van der Waals surface area (Å²) in [4.78, 5) is 11.3. The second-order valence-electron chi connectivity index (χ2n) is 3.30. The fraction of sp³-hybridized carbons (Fsp3) is 0.889. The predicted octanol–water partition coefficient (Wildman–Crippen LogP) is 1.50. The molecular formula is C9H18ClNO2. The Labute approximate surface area is 85.6 Å². The Kier molecular flexibility index (Phi) is 6.08. The summed E-state index contributed by atoms with van der Waals surface area (Å²) >= 11 is 0. The van der Waals surface area contributed by atoms with E-state index in [1.54, 1.807) is 0 Å². The van der Waals surface area contributed by atoms with Crippen LogP contribution < -0.4 is 5.32 Å². The maximum absolute atomic E-state index is 11.3. The molecule has 0 radical (unpaired) electrons. The van der Waals surface area contributed by atoms with Gasteiger partial charge in [0, 0.05) is 6.04 Å². The number of carbonyl (C=O) groups excluding carboxylic acids is 1. The van der Waals surface area contributed by atoms with Gasteiger partial charge in [-0.3, -0.25) is 4.79 Å². The number of carbonyl (C=O) groups is 1. The third kappa shape index (κ3) is 3.96. The summed E-state index contributed by atoms with van der Waals surface area (Å²) in [6.07, 6.45) is 3.21. The number of hydrogen-bond acceptors (Lipinski definition) is 3. The van der Waals surface area contributed by atoms with Crippen LogP contribution in [0.3, 0.4) is 0 Å². The molecule has 1 rings (SSSR count). The van der Waals surface area contributed by atoms with Crippen molar-refractivity contribution in [2.45, 2.75) is 45.2 Å². The molecule has 0 saturated carbocycles. The van der Waals surface area contributed by atoms with Crippen LogP contribution in [0.25, 0.3) is 0 Å². The molecule has 4 heteroatoms. The van der Waals surface area contributed by atoms with Crippen molar-refractivity contribution in [3.63, 3.8) is 0 Å². The lowest BCUT2D eigenvalue weighted by Crippen LogP contribution is -2.46. The molecule has 0 aromatic heterocycles. The van der Waals surface area contributed by atoms with Gasteiger partial charge in [0.15, 0.2) is 0 Å². The highest BCUT2D eigenvalue weighted by atomic mass is 35.5. The quantitative estimate of drug-likeness (QED) is 0.698. The number of rotatable bonds is 2. The van der Waals surface area contributed by atoms with Crippen LogP contribution in [0.2, 0.25) is 0 Å². The number of ether oxygens (including phenoxy) is 1. The van der Waals surface area contributed by atoms with Crippen molar-refractivity contribution in [3.05, 3.63) is 0 Å². The SMILES string of the molecule is CCOC(=O)C1CCCC(C)N1.Cl. The second-order valence-corrected chi connectivity index (χ2v) is 3.30. The minimum absolute atomic E-state index is 0. The first-order chi connectivity index (χ1) is 5.74. The van der Waals surface area contributed by atoms with Gasteiger partial charge in [0.1, 0.15) is 6.04 Å². The van der Waals surface area contributed by atoms with Gasteiger partial charge in [-0.1, -0.05) is 0 Å². The highest BCUT2D eigenvalue weighted by molar-refractivity contribution is 5.85. The summed E-state index contributed by atoms with van der Waals surface area (Å²) in [5.74, 6) is -0.0935. The van der Waals surface area contributed by atoms with E-state index in [4.69, 9.17) is 4.74 Å². The lowest BCUT2D eigenvalue weighted by molar-refractivity contribution is -0.146. The Balaban J connectivity index is 0.00000144. The van der Waals surface area contributed by atoms with Gasteiger partial charge in [0.25, 0.3) is 0 Å². The van der Waals surface area contributed by atoms with Gasteiger partial charge in [0.2, 0.25) is 0 Å². The zero-order valence-electron chi connectivity index (χ0n) is 8.21. The zero-order chi connectivity index (χ0) is 8.97. The summed E-state index contributed by atoms with van der Waals surface area (Å²) in [5.41, 5.74) is 0. The van der Waals surface area contributed by atoms with Gasteiger partial charge in [-0.15, -0.1) is 12.4 Å². The van der Waals surface area contributed by atoms with Crippen LogP contribution in [-0.4, -0.2) is 24.7 Å². The van der Waals surface area contributed by atoms with Crippen LogP contribution in [0.4, 0.5) is 0 Å². The van der Waals surface area contributed by atoms with Crippen LogP contribution in [-0.2, 0) is 9.53 Å². The van der Waals surface area contributed by atoms with E-state index < -0.39 is 0 Å². The summed E-state index contributed by atoms with van der Waals surface area (Å²) in [7, 11) is 0. The molecule has 1 fully saturated rings. The maximum Gasteiger partial charge on any atom is 0.323 e. The van der Waals surface area contributed by atoms with Gasteiger partial charge in [-0.2, -0.15) is 0 Å². The third-order valence-corrected chi connectivity index (χ3v) is 2.19. The van der Waals surface area contributed by atoms with Gasteiger partial charge >= 0.3 is 5.97 Å². The van der Waals surface area contributed by atoms with Crippen LogP contribution in [0.5, 0.6) is 0 Å². The molecule has 0 aromatic rings. The lowest BCUT2D eigenvalue weighted by Gasteiger charge is -2.26. The highest BCUT2D eigenvalue weighted by Crippen LogP contribution is 2.12. The Morgan fingerprint density at radius 1 is 1.54 bits per heavy atom. The zero-order valence-corrected chi connectivity index (χ0v) is 9.02. The topological polar surface area (TPSA) is 38.3 Å². The molecule has 3 nitrogen and oxygen atoms in total. The molecule has 1 heterocycles. The Hall–Kier alpha value is -0.280. The molecule has 0 bridgehead atoms. The van der Waals surface area contributed by atoms with Crippen molar-refractivity contribution in [3.8, 4) is 0 Å². The van der Waals surface area contributed by atoms with Gasteiger partial charge in [-0.25, -0.2) is 0 Å². The number of esters is 1. The molecule has 1 aliphatic heterocycles. The van der Waals surface area contributed by atoms with E-state index >= 15 is 0 Å². The lowest BCUT2D eigenvalue weighted by atomic mass is 10.00. The molecule has 1 aliphatic rings. The fourth-order valence-electron chi connectivity index (χ4n) is 1.57. The van der Waals surface area contributed by atoms with Crippen molar-refractivity contribution in [2.24, 2.45) is 0 Å². The Morgan fingerprint density at radius 2 is 2.23 bits per heavy atom. The van der Waals surface area contributed by atoms with Crippen LogP contribution in [0.15, 0.2) is 0 Å². The van der Waals surface area contributed by atoms with Crippen molar-refractivity contribution < 1.29 is 9.53 Å². The first kappa shape index (κ1) is 12.7. The average molecular weight is 208 g/mol. The van der Waals surface area contributed by atoms with Crippen molar-refractivity contribution in [1.29, 1.82) is 0 Å². The number of piperidine rings is 1. The molecule has 1 N–H and O–H groups in total. The Morgan fingerprint density at radius 3 is 2.77 bits per heavy atom. The normalized spacial score (nSPS) is 27.5. The van der Waals surface area contributed by atoms with E-state index in [9.17, 15) is 4.79 Å². The Bertz CT molecular complexity index is 164. The standard InChI is InChI=1S/C9H17NO2.ClH/c1-3-12-9(11)8-6-4-5-7(2)10-8;/h7-8,10H,3-6H2,1-2H3;1H. The molecule has 1 saturated heterocycles. The van der Waals surface area contributed by atoms with Crippen molar-refractivity contribution >= 4 is 18.4 Å². The van der Waals surface area contributed by atoms with Gasteiger partial charge in [0.05, 0.1) is 6.61 Å². The predicted molar refractivity (Wildman–Crippen MR) is 54.1 cm³/mol.